The monoisotopic (exact) mass is 281 g/mol. The van der Waals surface area contributed by atoms with Crippen LogP contribution in [-0.4, -0.2) is 32.1 Å². The Balaban J connectivity index is 1.91. The maximum Gasteiger partial charge on any atom is 0.321 e. The minimum absolute atomic E-state index is 0.277. The minimum Gasteiger partial charge on any atom is -0.370 e. The molecule has 1 aliphatic rings. The summed E-state index contributed by atoms with van der Waals surface area (Å²) in [5, 5.41) is 5.29. The van der Waals surface area contributed by atoms with Crippen LogP contribution in [-0.2, 0) is 11.2 Å². The summed E-state index contributed by atoms with van der Waals surface area (Å²) in [5.41, 5.74) is 2.33. The molecule has 5 nitrogen and oxygen atoms in total. The lowest BCUT2D eigenvalue weighted by molar-refractivity contribution is -0.119. The molecule has 0 atom stereocenters. The van der Waals surface area contributed by atoms with E-state index < -0.39 is 6.03 Å². The lowest BCUT2D eigenvalue weighted by atomic mass is 10.2. The van der Waals surface area contributed by atoms with E-state index in [4.69, 9.17) is 11.6 Å². The first kappa shape index (κ1) is 13.7. The standard InChI is InChI=1S/C13H16ClN3O2/c1-15-13(19)16-12(18)5-7-17-6-4-9-2-3-10(14)8-11(9)17/h2-3,8H,4-7H2,1H3,(H2,15,16,18,19). The van der Waals surface area contributed by atoms with Gasteiger partial charge in [0.1, 0.15) is 0 Å². The van der Waals surface area contributed by atoms with Gasteiger partial charge in [0.25, 0.3) is 0 Å². The van der Waals surface area contributed by atoms with Gasteiger partial charge in [-0.3, -0.25) is 10.1 Å². The maximum atomic E-state index is 11.5. The number of halogens is 1. The van der Waals surface area contributed by atoms with Crippen LogP contribution >= 0.6 is 11.6 Å². The molecule has 1 aliphatic heterocycles. The largest absolute Gasteiger partial charge is 0.370 e. The molecule has 6 heteroatoms. The van der Waals surface area contributed by atoms with Crippen molar-refractivity contribution in [2.75, 3.05) is 25.0 Å². The Labute approximate surface area is 116 Å². The number of hydrogen-bond acceptors (Lipinski definition) is 3. The average molecular weight is 282 g/mol. The normalized spacial score (nSPS) is 13.1. The lowest BCUT2D eigenvalue weighted by Gasteiger charge is -2.19. The van der Waals surface area contributed by atoms with E-state index in [2.05, 4.69) is 15.5 Å². The molecule has 0 aliphatic carbocycles. The van der Waals surface area contributed by atoms with Crippen molar-refractivity contribution in [1.29, 1.82) is 0 Å². The third-order valence-corrected chi connectivity index (χ3v) is 3.36. The highest BCUT2D eigenvalue weighted by atomic mass is 35.5. The quantitative estimate of drug-likeness (QED) is 0.884. The van der Waals surface area contributed by atoms with E-state index in [0.29, 0.717) is 11.6 Å². The fourth-order valence-corrected chi connectivity index (χ4v) is 2.31. The molecule has 2 rings (SSSR count). The highest BCUT2D eigenvalue weighted by Gasteiger charge is 2.19. The number of hydrogen-bond donors (Lipinski definition) is 2. The summed E-state index contributed by atoms with van der Waals surface area (Å²) in [5.74, 6) is -0.283. The van der Waals surface area contributed by atoms with Crippen molar-refractivity contribution in [2.24, 2.45) is 0 Å². The molecule has 1 heterocycles. The lowest BCUT2D eigenvalue weighted by Crippen LogP contribution is -2.39. The van der Waals surface area contributed by atoms with E-state index in [1.54, 1.807) is 0 Å². The summed E-state index contributed by atoms with van der Waals surface area (Å²) in [4.78, 5) is 24.6. The topological polar surface area (TPSA) is 61.4 Å². The predicted octanol–water partition coefficient (Wildman–Crippen LogP) is 1.55. The Morgan fingerprint density at radius 2 is 2.21 bits per heavy atom. The van der Waals surface area contributed by atoms with Crippen LogP contribution in [0.4, 0.5) is 10.5 Å². The van der Waals surface area contributed by atoms with Gasteiger partial charge in [0.2, 0.25) is 5.91 Å². The Morgan fingerprint density at radius 3 is 2.95 bits per heavy atom. The fourth-order valence-electron chi connectivity index (χ4n) is 2.14. The van der Waals surface area contributed by atoms with Gasteiger partial charge in [-0.05, 0) is 24.1 Å². The van der Waals surface area contributed by atoms with Gasteiger partial charge in [0.15, 0.2) is 0 Å². The Kier molecular flexibility index (Phi) is 4.27. The molecular formula is C13H16ClN3O2. The molecule has 1 aromatic rings. The van der Waals surface area contributed by atoms with Crippen LogP contribution in [0.3, 0.4) is 0 Å². The van der Waals surface area contributed by atoms with Gasteiger partial charge in [0, 0.05) is 37.3 Å². The van der Waals surface area contributed by atoms with Crippen molar-refractivity contribution in [3.8, 4) is 0 Å². The van der Waals surface area contributed by atoms with E-state index in [0.717, 1.165) is 18.7 Å². The molecule has 0 spiro atoms. The highest BCUT2D eigenvalue weighted by molar-refractivity contribution is 6.30. The molecule has 0 aromatic heterocycles. The molecule has 0 saturated heterocycles. The smallest absolute Gasteiger partial charge is 0.321 e. The van der Waals surface area contributed by atoms with Crippen LogP contribution in [0.1, 0.15) is 12.0 Å². The number of carbonyl (C=O) groups excluding carboxylic acids is 2. The SMILES string of the molecule is CNC(=O)NC(=O)CCN1CCc2ccc(Cl)cc21. The number of benzene rings is 1. The highest BCUT2D eigenvalue weighted by Crippen LogP contribution is 2.30. The summed E-state index contributed by atoms with van der Waals surface area (Å²) in [6, 6.07) is 5.33. The molecule has 0 fully saturated rings. The van der Waals surface area contributed by atoms with E-state index in [9.17, 15) is 9.59 Å². The van der Waals surface area contributed by atoms with Crippen LogP contribution in [0.15, 0.2) is 18.2 Å². The summed E-state index contributed by atoms with van der Waals surface area (Å²) >= 11 is 5.98. The Bertz CT molecular complexity index is 505. The summed E-state index contributed by atoms with van der Waals surface area (Å²) in [7, 11) is 1.47. The number of nitrogens with zero attached hydrogens (tertiary/aromatic N) is 1. The predicted molar refractivity (Wildman–Crippen MR) is 74.6 cm³/mol. The van der Waals surface area contributed by atoms with Gasteiger partial charge in [-0.15, -0.1) is 0 Å². The number of urea groups is 1. The zero-order chi connectivity index (χ0) is 13.8. The van der Waals surface area contributed by atoms with Crippen LogP contribution in [0.5, 0.6) is 0 Å². The molecule has 0 radical (unpaired) electrons. The first-order valence-electron chi connectivity index (χ1n) is 6.15. The van der Waals surface area contributed by atoms with E-state index >= 15 is 0 Å². The minimum atomic E-state index is -0.477. The second kappa shape index (κ2) is 5.93. The van der Waals surface area contributed by atoms with Gasteiger partial charge >= 0.3 is 6.03 Å². The van der Waals surface area contributed by atoms with Crippen molar-refractivity contribution in [3.63, 3.8) is 0 Å². The zero-order valence-corrected chi connectivity index (χ0v) is 11.5. The fraction of sp³-hybridized carbons (Fsp3) is 0.385. The van der Waals surface area contributed by atoms with E-state index in [1.165, 1.54) is 12.6 Å². The Hall–Kier alpha value is -1.75. The Morgan fingerprint density at radius 1 is 1.42 bits per heavy atom. The number of anilines is 1. The molecule has 19 heavy (non-hydrogen) atoms. The van der Waals surface area contributed by atoms with Crippen molar-refractivity contribution in [3.05, 3.63) is 28.8 Å². The van der Waals surface area contributed by atoms with Gasteiger partial charge < -0.3 is 10.2 Å². The molecule has 2 N–H and O–H groups in total. The molecule has 0 unspecified atom stereocenters. The second-order valence-corrected chi connectivity index (χ2v) is 4.82. The summed E-state index contributed by atoms with van der Waals surface area (Å²) < 4.78 is 0. The number of carbonyl (C=O) groups is 2. The molecular weight excluding hydrogens is 266 g/mol. The van der Waals surface area contributed by atoms with Crippen molar-refractivity contribution < 1.29 is 9.59 Å². The third-order valence-electron chi connectivity index (χ3n) is 3.13. The van der Waals surface area contributed by atoms with Gasteiger partial charge in [-0.1, -0.05) is 17.7 Å². The third kappa shape index (κ3) is 3.38. The summed E-state index contributed by atoms with van der Waals surface area (Å²) in [6.07, 6.45) is 1.24. The van der Waals surface area contributed by atoms with Gasteiger partial charge in [-0.25, -0.2) is 4.79 Å². The van der Waals surface area contributed by atoms with Crippen LogP contribution in [0.25, 0.3) is 0 Å². The van der Waals surface area contributed by atoms with Crippen LogP contribution in [0, 0.1) is 0 Å². The van der Waals surface area contributed by atoms with E-state index in [-0.39, 0.29) is 12.3 Å². The molecule has 0 bridgehead atoms. The molecule has 1 aromatic carbocycles. The summed E-state index contributed by atoms with van der Waals surface area (Å²) in [6.45, 7) is 1.46. The first-order valence-corrected chi connectivity index (χ1v) is 6.53. The number of imide groups is 1. The average Bonchev–Trinajstić information content (AvgIpc) is 2.78. The van der Waals surface area contributed by atoms with E-state index in [1.807, 2.05) is 18.2 Å². The van der Waals surface area contributed by atoms with Crippen LogP contribution < -0.4 is 15.5 Å². The number of nitrogens with one attached hydrogen (secondary N) is 2. The number of fused-ring (bicyclic) bond motifs is 1. The first-order chi connectivity index (χ1) is 9.10. The zero-order valence-electron chi connectivity index (χ0n) is 10.7. The second-order valence-electron chi connectivity index (χ2n) is 4.39. The molecule has 0 saturated carbocycles. The van der Waals surface area contributed by atoms with Crippen molar-refractivity contribution in [1.82, 2.24) is 10.6 Å². The number of rotatable bonds is 3. The maximum absolute atomic E-state index is 11.5. The van der Waals surface area contributed by atoms with Gasteiger partial charge in [0.05, 0.1) is 0 Å². The van der Waals surface area contributed by atoms with Crippen molar-refractivity contribution >= 4 is 29.2 Å². The van der Waals surface area contributed by atoms with Gasteiger partial charge in [-0.2, -0.15) is 0 Å². The molecule has 3 amide bonds. The molecule has 102 valence electrons. The number of amides is 3. The van der Waals surface area contributed by atoms with Crippen LogP contribution in [0.2, 0.25) is 5.02 Å². The van der Waals surface area contributed by atoms with Crippen molar-refractivity contribution in [2.45, 2.75) is 12.8 Å².